The Kier molecular flexibility index (Phi) is 10.7. The zero-order chi connectivity index (χ0) is 38.8. The van der Waals surface area contributed by atoms with Crippen LogP contribution in [0, 0.1) is 0 Å². The highest BCUT2D eigenvalue weighted by Crippen LogP contribution is 2.37. The molecule has 2 aliphatic rings. The van der Waals surface area contributed by atoms with E-state index in [1.807, 2.05) is 115 Å². The second-order valence-corrected chi connectivity index (χ2v) is 15.5. The van der Waals surface area contributed by atoms with E-state index in [-0.39, 0.29) is 36.0 Å². The van der Waals surface area contributed by atoms with Crippen molar-refractivity contribution in [3.8, 4) is 33.6 Å². The molecule has 2 unspecified atom stereocenters. The molecule has 2 N–H and O–H groups in total. The normalized spacial score (nSPS) is 18.2. The number of hydrogen-bond acceptors (Lipinski definition) is 6. The van der Waals surface area contributed by atoms with E-state index in [0.29, 0.717) is 0 Å². The van der Waals surface area contributed by atoms with Crippen LogP contribution < -0.4 is 0 Å². The van der Waals surface area contributed by atoms with Crippen molar-refractivity contribution in [2.75, 3.05) is 41.3 Å². The molecule has 2 saturated heterocycles. The molecule has 286 valence electrons. The number of carbonyl (C=O) groups is 2. The minimum Gasteiger partial charge on any atom is -0.340 e. The third-order valence-electron chi connectivity index (χ3n) is 11.4. The first-order valence-electron chi connectivity index (χ1n) is 19.6. The number of likely N-dealkylation sites (N-methyl/N-ethyl adjacent to an activating group) is 2. The number of aromatic nitrogens is 4. The van der Waals surface area contributed by atoms with Gasteiger partial charge in [-0.05, 0) is 87.8 Å². The maximum absolute atomic E-state index is 13.9. The molecular formula is C46H50N8O2. The van der Waals surface area contributed by atoms with Gasteiger partial charge in [0, 0.05) is 18.7 Å². The number of nitrogens with zero attached hydrogens (tertiary/aromatic N) is 6. The summed E-state index contributed by atoms with van der Waals surface area (Å²) in [7, 11) is 7.85. The highest BCUT2D eigenvalue weighted by molar-refractivity contribution is 5.85. The average Bonchev–Trinajstić information content (AvgIpc) is 4.06. The summed E-state index contributed by atoms with van der Waals surface area (Å²) in [6.45, 7) is 1.45. The van der Waals surface area contributed by atoms with Crippen LogP contribution in [-0.4, -0.2) is 92.9 Å². The van der Waals surface area contributed by atoms with Crippen LogP contribution in [0.3, 0.4) is 0 Å². The van der Waals surface area contributed by atoms with E-state index in [1.54, 1.807) is 0 Å². The first-order valence-corrected chi connectivity index (χ1v) is 19.6. The molecule has 10 heteroatoms. The molecule has 8 rings (SSSR count). The standard InChI is InChI=1S/C46H50N8O2/c1-51(2)42(35-13-7-5-8-14-35)45(55)53-27-11-17-40(53)38-29-37(49-50-38)33-23-19-31(20-24-33)32-21-25-34(26-22-32)39-30-47-44(48-39)41-18-12-28-54(41)46(56)43(52(3)4)36-15-9-6-10-16-36/h5-10,13-16,19-26,29-30,40-43H,11-12,17-18,27-28H2,1-4H3,(H,47,48)(H,49,50)/t40?,41?,42-,43-/m0/s1. The number of hydrogen-bond donors (Lipinski definition) is 2. The van der Waals surface area contributed by atoms with Crippen molar-refractivity contribution >= 4 is 11.8 Å². The highest BCUT2D eigenvalue weighted by Gasteiger charge is 2.38. The van der Waals surface area contributed by atoms with Gasteiger partial charge < -0.3 is 14.8 Å². The monoisotopic (exact) mass is 746 g/mol. The van der Waals surface area contributed by atoms with E-state index in [2.05, 4.69) is 69.8 Å². The Hall–Kier alpha value is -5.84. The maximum Gasteiger partial charge on any atom is 0.245 e. The summed E-state index contributed by atoms with van der Waals surface area (Å²) in [6.07, 6.45) is 5.57. The third kappa shape index (κ3) is 7.42. The van der Waals surface area contributed by atoms with Gasteiger partial charge in [0.1, 0.15) is 17.9 Å². The minimum absolute atomic E-state index is 0.0340. The molecule has 6 aromatic rings. The van der Waals surface area contributed by atoms with Gasteiger partial charge in [-0.15, -0.1) is 0 Å². The fraction of sp³-hybridized carbons (Fsp3) is 0.304. The van der Waals surface area contributed by atoms with E-state index < -0.39 is 0 Å². The number of amides is 2. The highest BCUT2D eigenvalue weighted by atomic mass is 16.2. The molecule has 0 bridgehead atoms. The fourth-order valence-electron chi connectivity index (χ4n) is 8.56. The first kappa shape index (κ1) is 37.1. The summed E-state index contributed by atoms with van der Waals surface area (Å²) >= 11 is 0. The molecule has 2 aliphatic heterocycles. The lowest BCUT2D eigenvalue weighted by Crippen LogP contribution is -2.40. The lowest BCUT2D eigenvalue weighted by atomic mass is 10.0. The number of carbonyl (C=O) groups excluding carboxylic acids is 2. The van der Waals surface area contributed by atoms with Crippen LogP contribution in [0.5, 0.6) is 0 Å². The largest absolute Gasteiger partial charge is 0.340 e. The molecule has 2 fully saturated rings. The summed E-state index contributed by atoms with van der Waals surface area (Å²) in [5, 5.41) is 7.94. The summed E-state index contributed by atoms with van der Waals surface area (Å²) < 4.78 is 0. The van der Waals surface area contributed by atoms with E-state index in [9.17, 15) is 9.59 Å². The number of aromatic amines is 2. The lowest BCUT2D eigenvalue weighted by molar-refractivity contribution is -0.138. The van der Waals surface area contributed by atoms with Gasteiger partial charge in [-0.3, -0.25) is 24.5 Å². The van der Waals surface area contributed by atoms with Gasteiger partial charge in [0.25, 0.3) is 0 Å². The zero-order valence-electron chi connectivity index (χ0n) is 32.6. The third-order valence-corrected chi connectivity index (χ3v) is 11.4. The van der Waals surface area contributed by atoms with Crippen molar-refractivity contribution in [3.63, 3.8) is 0 Å². The van der Waals surface area contributed by atoms with Crippen LogP contribution >= 0.6 is 0 Å². The summed E-state index contributed by atoms with van der Waals surface area (Å²) in [6, 6.07) is 38.3. The van der Waals surface area contributed by atoms with E-state index >= 15 is 0 Å². The topological polar surface area (TPSA) is 104 Å². The van der Waals surface area contributed by atoms with Crippen molar-refractivity contribution in [2.24, 2.45) is 0 Å². The van der Waals surface area contributed by atoms with Gasteiger partial charge >= 0.3 is 0 Å². The van der Waals surface area contributed by atoms with E-state index in [1.165, 1.54) is 0 Å². The molecule has 56 heavy (non-hydrogen) atoms. The zero-order valence-corrected chi connectivity index (χ0v) is 32.6. The van der Waals surface area contributed by atoms with Gasteiger partial charge in [0.2, 0.25) is 11.8 Å². The predicted octanol–water partition coefficient (Wildman–Crippen LogP) is 8.07. The van der Waals surface area contributed by atoms with Crippen LogP contribution in [0.2, 0.25) is 0 Å². The molecule has 0 radical (unpaired) electrons. The van der Waals surface area contributed by atoms with E-state index in [4.69, 9.17) is 4.98 Å². The number of rotatable bonds is 11. The quantitative estimate of drug-likeness (QED) is 0.139. The van der Waals surface area contributed by atoms with Gasteiger partial charge in [-0.25, -0.2) is 4.98 Å². The Labute approximate surface area is 329 Å². The van der Waals surface area contributed by atoms with Crippen LogP contribution in [0.1, 0.15) is 72.5 Å². The number of imidazole rings is 1. The molecule has 4 aromatic carbocycles. The molecule has 4 atom stereocenters. The SMILES string of the molecule is CN(C)[C@H](C(=O)N1CCCC1c1cc(-c2ccc(-c3ccc(-c4cnc(C5CCCN5C(=O)[C@H](c5ccccc5)N(C)C)[nH]4)cc3)cc2)n[nH]1)c1ccccc1. The predicted molar refractivity (Wildman–Crippen MR) is 220 cm³/mol. The molecule has 4 heterocycles. The summed E-state index contributed by atoms with van der Waals surface area (Å²) in [5.41, 5.74) is 9.04. The van der Waals surface area contributed by atoms with Crippen LogP contribution in [-0.2, 0) is 9.59 Å². The second kappa shape index (κ2) is 16.1. The Bertz CT molecular complexity index is 2080. The Morgan fingerprint density at radius 2 is 1.12 bits per heavy atom. The minimum atomic E-state index is -0.341. The summed E-state index contributed by atoms with van der Waals surface area (Å²) in [4.78, 5) is 44.2. The van der Waals surface area contributed by atoms with Crippen molar-refractivity contribution in [2.45, 2.75) is 49.9 Å². The van der Waals surface area contributed by atoms with Crippen LogP contribution in [0.4, 0.5) is 0 Å². The molecule has 0 saturated carbocycles. The molecule has 2 amide bonds. The second-order valence-electron chi connectivity index (χ2n) is 15.5. The number of nitrogens with one attached hydrogen (secondary N) is 2. The van der Waals surface area contributed by atoms with Crippen molar-refractivity contribution < 1.29 is 9.59 Å². The van der Waals surface area contributed by atoms with Gasteiger partial charge in [-0.1, -0.05) is 109 Å². The van der Waals surface area contributed by atoms with Crippen molar-refractivity contribution in [1.82, 2.24) is 39.8 Å². The molecule has 2 aromatic heterocycles. The maximum atomic E-state index is 13.9. The molecular weight excluding hydrogens is 697 g/mol. The summed E-state index contributed by atoms with van der Waals surface area (Å²) in [5.74, 6) is 1.05. The molecule has 0 aliphatic carbocycles. The van der Waals surface area contributed by atoms with Crippen LogP contribution in [0.15, 0.2) is 121 Å². The molecule has 0 spiro atoms. The number of benzene rings is 4. The molecule has 10 nitrogen and oxygen atoms in total. The van der Waals surface area contributed by atoms with Crippen molar-refractivity contribution in [1.29, 1.82) is 0 Å². The van der Waals surface area contributed by atoms with Gasteiger partial charge in [0.05, 0.1) is 35.4 Å². The number of likely N-dealkylation sites (tertiary alicyclic amines) is 2. The number of H-pyrrole nitrogens is 2. The lowest BCUT2D eigenvalue weighted by Gasteiger charge is -2.31. The van der Waals surface area contributed by atoms with Gasteiger partial charge in [-0.2, -0.15) is 5.10 Å². The van der Waals surface area contributed by atoms with Crippen molar-refractivity contribution in [3.05, 3.63) is 144 Å². The Balaban J connectivity index is 0.930. The Morgan fingerprint density at radius 3 is 1.66 bits per heavy atom. The van der Waals surface area contributed by atoms with E-state index in [0.717, 1.165) is 95.1 Å². The first-order chi connectivity index (χ1) is 27.3. The average molecular weight is 747 g/mol. The van der Waals surface area contributed by atoms with Gasteiger partial charge in [0.15, 0.2) is 0 Å². The Morgan fingerprint density at radius 1 is 0.643 bits per heavy atom. The van der Waals surface area contributed by atoms with Crippen LogP contribution in [0.25, 0.3) is 33.6 Å². The fourth-order valence-corrected chi connectivity index (χ4v) is 8.56. The smallest absolute Gasteiger partial charge is 0.245 e.